The zero-order valence-electron chi connectivity index (χ0n) is 18.5. The van der Waals surface area contributed by atoms with Crippen molar-refractivity contribution in [2.75, 3.05) is 12.3 Å². The van der Waals surface area contributed by atoms with Gasteiger partial charge < -0.3 is 0 Å². The van der Waals surface area contributed by atoms with Gasteiger partial charge in [0.05, 0.1) is 0 Å². The predicted molar refractivity (Wildman–Crippen MR) is 155 cm³/mol. The van der Waals surface area contributed by atoms with Crippen LogP contribution in [0.4, 0.5) is 0 Å². The molecule has 0 nitrogen and oxygen atoms in total. The fourth-order valence-corrected chi connectivity index (χ4v) is 22.2. The summed E-state index contributed by atoms with van der Waals surface area (Å²) >= 11 is 8.03. The van der Waals surface area contributed by atoms with Crippen LogP contribution in [0.2, 0.25) is 10.6 Å². The molecule has 4 aromatic carbocycles. The molecule has 4 rings (SSSR count). The zero-order valence-corrected chi connectivity index (χ0v) is 25.4. The first-order chi connectivity index (χ1) is 16.1. The Balaban J connectivity index is 1.47. The molecule has 0 fully saturated rings. The molecule has 0 spiro atoms. The van der Waals surface area contributed by atoms with Gasteiger partial charge >= 0.3 is 222 Å². The molecule has 0 heterocycles. The van der Waals surface area contributed by atoms with Gasteiger partial charge in [0, 0.05) is 0 Å². The fourth-order valence-electron chi connectivity index (χ4n) is 3.98. The molecule has 5 heteroatoms. The van der Waals surface area contributed by atoms with Crippen LogP contribution in [0.15, 0.2) is 121 Å². The summed E-state index contributed by atoms with van der Waals surface area (Å²) in [5.74, 6) is 0. The van der Waals surface area contributed by atoms with Crippen LogP contribution in [0.25, 0.3) is 0 Å². The molecular weight excluding hydrogens is 635 g/mol. The Labute approximate surface area is 220 Å². The molecule has 0 aromatic heterocycles. The Morgan fingerprint density at radius 2 is 0.667 bits per heavy atom. The first-order valence-corrected chi connectivity index (χ1v) is 21.9. The van der Waals surface area contributed by atoms with Crippen LogP contribution in [0.5, 0.6) is 0 Å². The van der Waals surface area contributed by atoms with Gasteiger partial charge in [0.15, 0.2) is 0 Å². The molecule has 0 amide bonds. The molecule has 0 saturated heterocycles. The molecule has 0 unspecified atom stereocenters. The van der Waals surface area contributed by atoms with Gasteiger partial charge in [-0.15, -0.1) is 0 Å². The Morgan fingerprint density at radius 1 is 0.424 bits per heavy atom. The molecule has 0 aliphatic heterocycles. The van der Waals surface area contributed by atoms with Crippen molar-refractivity contribution >= 4 is 77.4 Å². The molecule has 4 aromatic rings. The van der Waals surface area contributed by atoms with Gasteiger partial charge in [-0.2, -0.15) is 0 Å². The molecule has 0 saturated carbocycles. The van der Waals surface area contributed by atoms with Crippen LogP contribution in [0.1, 0.15) is 0 Å². The van der Waals surface area contributed by atoms with E-state index in [9.17, 15) is 0 Å². The Morgan fingerprint density at radius 3 is 0.909 bits per heavy atom. The third-order valence-electron chi connectivity index (χ3n) is 5.79. The number of hydrogen-bond donors (Lipinski definition) is 0. The summed E-state index contributed by atoms with van der Waals surface area (Å²) in [6.45, 7) is 0. The van der Waals surface area contributed by atoms with Gasteiger partial charge in [0.25, 0.3) is 0 Å². The molecule has 0 N–H and O–H groups in total. The van der Waals surface area contributed by atoms with Crippen LogP contribution < -0.4 is 21.2 Å². The van der Waals surface area contributed by atoms with Crippen LogP contribution in [0.3, 0.4) is 0 Å². The van der Waals surface area contributed by atoms with Gasteiger partial charge in [-0.25, -0.2) is 0 Å². The van der Waals surface area contributed by atoms with Crippen molar-refractivity contribution in [3.8, 4) is 0 Å². The van der Waals surface area contributed by atoms with Crippen molar-refractivity contribution in [1.82, 2.24) is 0 Å². The minimum atomic E-state index is -1.48. The summed E-state index contributed by atoms with van der Waals surface area (Å²) in [7, 11) is 0. The monoisotopic (exact) mass is 666 g/mol. The second-order valence-electron chi connectivity index (χ2n) is 7.88. The van der Waals surface area contributed by atoms with Crippen molar-refractivity contribution in [2.24, 2.45) is 0 Å². The molecule has 0 atom stereocenters. The van der Waals surface area contributed by atoms with Gasteiger partial charge in [0.2, 0.25) is 0 Å². The average molecular weight is 663 g/mol. The summed E-state index contributed by atoms with van der Waals surface area (Å²) in [6.07, 6.45) is 2.49. The summed E-state index contributed by atoms with van der Waals surface area (Å²) in [4.78, 5) is 0. The quantitative estimate of drug-likeness (QED) is 0.127. The third-order valence-corrected chi connectivity index (χ3v) is 23.1. The molecule has 33 heavy (non-hydrogen) atoms. The predicted octanol–water partition coefficient (Wildman–Crippen LogP) is 5.03. The minimum absolute atomic E-state index is 0.622. The first-order valence-electron chi connectivity index (χ1n) is 11.1. The Kier molecular flexibility index (Phi) is 9.48. The van der Waals surface area contributed by atoms with Crippen LogP contribution in [0, 0.1) is 0 Å². The van der Waals surface area contributed by atoms with Crippen molar-refractivity contribution in [3.63, 3.8) is 0 Å². The van der Waals surface area contributed by atoms with Gasteiger partial charge in [-0.1, -0.05) is 0 Å². The molecule has 0 bridgehead atoms. The number of rotatable bonds is 10. The maximum atomic E-state index is 3.70. The summed E-state index contributed by atoms with van der Waals surface area (Å²) in [5.41, 5.74) is -2.96. The molecule has 0 radical (unpaired) electrons. The first kappa shape index (κ1) is 25.4. The van der Waals surface area contributed by atoms with E-state index >= 15 is 0 Å². The van der Waals surface area contributed by atoms with Crippen molar-refractivity contribution in [1.29, 1.82) is 0 Å². The number of benzene rings is 4. The third kappa shape index (κ3) is 6.30. The van der Waals surface area contributed by atoms with E-state index in [4.69, 9.17) is 0 Å². The van der Waals surface area contributed by atoms with Gasteiger partial charge in [-0.3, -0.25) is 0 Å². The summed E-state index contributed by atoms with van der Waals surface area (Å²) < 4.78 is 0. The molecule has 168 valence electrons. The van der Waals surface area contributed by atoms with Crippen LogP contribution >= 0.6 is 11.0 Å². The van der Waals surface area contributed by atoms with Gasteiger partial charge in [-0.05, 0) is 0 Å². The average Bonchev–Trinajstić information content (AvgIpc) is 2.90. The van der Waals surface area contributed by atoms with E-state index in [-0.39, 0.29) is 0 Å². The summed E-state index contributed by atoms with van der Waals surface area (Å²) in [5, 5.41) is 8.53. The summed E-state index contributed by atoms with van der Waals surface area (Å²) in [6, 6.07) is 44.4. The molecular formula is C28H28P2Se3. The van der Waals surface area contributed by atoms with E-state index in [1.165, 1.54) is 44.2 Å². The standard InChI is InChI=1S/C28H28P2Se3/c31-29(25-13-5-1-6-14-25,26-15-7-2-8-16-26)21-23-33-24-22-30(32,27-17-9-3-10-18-27)28-19-11-4-12-20-28/h1-20H,21-24H2. The van der Waals surface area contributed by atoms with E-state index < -0.39 is 11.0 Å². The fraction of sp³-hybridized carbons (Fsp3) is 0.143. The van der Waals surface area contributed by atoms with E-state index in [0.29, 0.717) is 15.0 Å². The molecule has 0 aliphatic carbocycles. The van der Waals surface area contributed by atoms with Crippen LogP contribution in [-0.4, -0.2) is 57.5 Å². The molecule has 0 aliphatic rings. The van der Waals surface area contributed by atoms with E-state index in [1.807, 2.05) is 0 Å². The maximum absolute atomic E-state index is 3.70. The van der Waals surface area contributed by atoms with Crippen molar-refractivity contribution < 1.29 is 0 Å². The number of hydrogen-bond acceptors (Lipinski definition) is 0. The Bertz CT molecular complexity index is 1040. The topological polar surface area (TPSA) is 0 Å². The van der Waals surface area contributed by atoms with E-state index in [2.05, 4.69) is 152 Å². The van der Waals surface area contributed by atoms with Gasteiger partial charge in [0.1, 0.15) is 0 Å². The second-order valence-corrected chi connectivity index (χ2v) is 24.2. The van der Waals surface area contributed by atoms with E-state index in [0.717, 1.165) is 0 Å². The van der Waals surface area contributed by atoms with Crippen molar-refractivity contribution in [2.45, 2.75) is 10.6 Å². The zero-order chi connectivity index (χ0) is 23.0. The van der Waals surface area contributed by atoms with Crippen molar-refractivity contribution in [3.05, 3.63) is 121 Å². The Hall–Kier alpha value is -0.702. The van der Waals surface area contributed by atoms with E-state index in [1.54, 1.807) is 0 Å². The SMILES string of the molecule is [Se]=P(CC[Se]CCP(=[Se])(c1ccccc1)c1ccccc1)(c1ccccc1)c1ccccc1. The normalized spacial score (nSPS) is 11.9. The van der Waals surface area contributed by atoms with Crippen LogP contribution in [-0.2, 0) is 0 Å². The second kappa shape index (κ2) is 12.3.